The smallest absolute Gasteiger partial charge is 0.257 e. The molecule has 0 saturated heterocycles. The molecule has 0 aromatic carbocycles. The van der Waals surface area contributed by atoms with Gasteiger partial charge in [0.1, 0.15) is 0 Å². The van der Waals surface area contributed by atoms with Gasteiger partial charge in [0.05, 0.1) is 11.8 Å². The van der Waals surface area contributed by atoms with Crippen LogP contribution in [0.4, 0.5) is 0 Å². The van der Waals surface area contributed by atoms with Crippen LogP contribution in [-0.4, -0.2) is 34.1 Å². The maximum atomic E-state index is 11.7. The molecule has 0 unspecified atom stereocenters. The summed E-state index contributed by atoms with van der Waals surface area (Å²) in [6.07, 6.45) is 1.57. The van der Waals surface area contributed by atoms with Crippen molar-refractivity contribution in [2.45, 2.75) is 26.8 Å². The molecule has 1 aromatic rings. The van der Waals surface area contributed by atoms with Crippen molar-refractivity contribution in [3.63, 3.8) is 0 Å². The number of carbonyl (C=O) groups excluding carboxylic acids is 1. The maximum absolute atomic E-state index is 11.7. The summed E-state index contributed by atoms with van der Waals surface area (Å²) in [5.41, 5.74) is 1.47. The van der Waals surface area contributed by atoms with E-state index < -0.39 is 0 Å². The van der Waals surface area contributed by atoms with E-state index in [0.29, 0.717) is 5.56 Å². The van der Waals surface area contributed by atoms with Gasteiger partial charge < -0.3 is 4.90 Å². The summed E-state index contributed by atoms with van der Waals surface area (Å²) in [4.78, 5) is 13.4. The summed E-state index contributed by atoms with van der Waals surface area (Å²) < 4.78 is 0. The Balaban J connectivity index is 2.86. The largest absolute Gasteiger partial charge is 0.339 e. The number of H-pyrrole nitrogens is 1. The average Bonchev–Trinajstić information content (AvgIpc) is 2.48. The molecule has 1 N–H and O–H groups in total. The van der Waals surface area contributed by atoms with Gasteiger partial charge in [-0.1, -0.05) is 0 Å². The van der Waals surface area contributed by atoms with Crippen molar-refractivity contribution in [3.05, 3.63) is 17.5 Å². The molecule has 0 atom stereocenters. The standard InChI is InChI=1S/C9H15N3O/c1-6(2)12(4)9(13)8-5-10-11-7(8)3/h5-6H,1-4H3,(H,10,11). The maximum Gasteiger partial charge on any atom is 0.257 e. The van der Waals surface area contributed by atoms with Gasteiger partial charge in [-0.25, -0.2) is 0 Å². The number of rotatable bonds is 2. The molecule has 0 fully saturated rings. The minimum absolute atomic E-state index is 0.0150. The minimum Gasteiger partial charge on any atom is -0.339 e. The van der Waals surface area contributed by atoms with Gasteiger partial charge in [-0.15, -0.1) is 0 Å². The Kier molecular flexibility index (Phi) is 2.70. The van der Waals surface area contributed by atoms with Gasteiger partial charge in [-0.3, -0.25) is 9.89 Å². The zero-order valence-electron chi connectivity index (χ0n) is 8.46. The molecule has 0 radical (unpaired) electrons. The number of aromatic amines is 1. The van der Waals surface area contributed by atoms with Gasteiger partial charge in [0, 0.05) is 18.8 Å². The Bertz CT molecular complexity index is 304. The van der Waals surface area contributed by atoms with E-state index in [2.05, 4.69) is 10.2 Å². The molecule has 0 aliphatic heterocycles. The number of nitrogens with zero attached hydrogens (tertiary/aromatic N) is 2. The monoisotopic (exact) mass is 181 g/mol. The lowest BCUT2D eigenvalue weighted by Gasteiger charge is -2.20. The molecule has 0 aliphatic carbocycles. The van der Waals surface area contributed by atoms with Crippen LogP contribution in [0.3, 0.4) is 0 Å². The van der Waals surface area contributed by atoms with Gasteiger partial charge in [0.2, 0.25) is 0 Å². The van der Waals surface area contributed by atoms with Gasteiger partial charge >= 0.3 is 0 Å². The van der Waals surface area contributed by atoms with Crippen LogP contribution in [0.5, 0.6) is 0 Å². The van der Waals surface area contributed by atoms with Crippen LogP contribution >= 0.6 is 0 Å². The summed E-state index contributed by atoms with van der Waals surface area (Å²) in [5.74, 6) is 0.0150. The molecule has 1 amide bonds. The fraction of sp³-hybridized carbons (Fsp3) is 0.556. The lowest BCUT2D eigenvalue weighted by molar-refractivity contribution is 0.0754. The van der Waals surface area contributed by atoms with E-state index in [0.717, 1.165) is 5.69 Å². The van der Waals surface area contributed by atoms with Crippen LogP contribution in [-0.2, 0) is 0 Å². The van der Waals surface area contributed by atoms with E-state index in [1.165, 1.54) is 0 Å². The van der Waals surface area contributed by atoms with Crippen molar-refractivity contribution in [2.24, 2.45) is 0 Å². The van der Waals surface area contributed by atoms with Crippen LogP contribution < -0.4 is 0 Å². The highest BCUT2D eigenvalue weighted by molar-refractivity contribution is 5.94. The van der Waals surface area contributed by atoms with Gasteiger partial charge in [0.15, 0.2) is 0 Å². The molecule has 0 bridgehead atoms. The van der Waals surface area contributed by atoms with E-state index in [1.807, 2.05) is 20.8 Å². The molecule has 1 aromatic heterocycles. The molecular weight excluding hydrogens is 166 g/mol. The van der Waals surface area contributed by atoms with Crippen LogP contribution in [0, 0.1) is 6.92 Å². The predicted octanol–water partition coefficient (Wildman–Crippen LogP) is 1.20. The summed E-state index contributed by atoms with van der Waals surface area (Å²) >= 11 is 0. The molecule has 0 aliphatic rings. The number of aromatic nitrogens is 2. The van der Waals surface area contributed by atoms with E-state index in [9.17, 15) is 4.79 Å². The summed E-state index contributed by atoms with van der Waals surface area (Å²) in [6, 6.07) is 0.210. The highest BCUT2D eigenvalue weighted by atomic mass is 16.2. The second kappa shape index (κ2) is 3.60. The van der Waals surface area contributed by atoms with Crippen molar-refractivity contribution in [3.8, 4) is 0 Å². The fourth-order valence-electron chi connectivity index (χ4n) is 0.991. The summed E-state index contributed by atoms with van der Waals surface area (Å²) in [5, 5.41) is 6.56. The van der Waals surface area contributed by atoms with E-state index in [1.54, 1.807) is 18.1 Å². The van der Waals surface area contributed by atoms with Crippen LogP contribution in [0.2, 0.25) is 0 Å². The highest BCUT2D eigenvalue weighted by Crippen LogP contribution is 2.08. The van der Waals surface area contributed by atoms with Gasteiger partial charge in [-0.05, 0) is 20.8 Å². The predicted molar refractivity (Wildman–Crippen MR) is 50.6 cm³/mol. The number of aryl methyl sites for hydroxylation is 1. The summed E-state index contributed by atoms with van der Waals surface area (Å²) in [6.45, 7) is 5.80. The lowest BCUT2D eigenvalue weighted by Crippen LogP contribution is -2.33. The number of carbonyl (C=O) groups is 1. The molecule has 13 heavy (non-hydrogen) atoms. The average molecular weight is 181 g/mol. The molecule has 1 rings (SSSR count). The van der Waals surface area contributed by atoms with Gasteiger partial charge in [-0.2, -0.15) is 5.10 Å². The van der Waals surface area contributed by atoms with Crippen molar-refractivity contribution in [1.29, 1.82) is 0 Å². The number of amides is 1. The summed E-state index contributed by atoms with van der Waals surface area (Å²) in [7, 11) is 1.79. The number of hydrogen-bond acceptors (Lipinski definition) is 2. The molecule has 1 heterocycles. The van der Waals surface area contributed by atoms with Crippen LogP contribution in [0.15, 0.2) is 6.20 Å². The molecule has 72 valence electrons. The first kappa shape index (κ1) is 9.77. The minimum atomic E-state index is 0.0150. The van der Waals surface area contributed by atoms with Crippen molar-refractivity contribution >= 4 is 5.91 Å². The second-order valence-electron chi connectivity index (χ2n) is 3.42. The molecule has 4 heteroatoms. The zero-order valence-corrected chi connectivity index (χ0v) is 8.46. The van der Waals surface area contributed by atoms with Crippen LogP contribution in [0.25, 0.3) is 0 Å². The Morgan fingerprint density at radius 3 is 2.62 bits per heavy atom. The Hall–Kier alpha value is -1.32. The lowest BCUT2D eigenvalue weighted by atomic mass is 10.2. The molecular formula is C9H15N3O. The molecule has 0 spiro atoms. The number of nitrogens with one attached hydrogen (secondary N) is 1. The first-order valence-corrected chi connectivity index (χ1v) is 4.31. The van der Waals surface area contributed by atoms with Crippen molar-refractivity contribution in [1.82, 2.24) is 15.1 Å². The zero-order chi connectivity index (χ0) is 10.0. The third kappa shape index (κ3) is 1.88. The normalized spacial score (nSPS) is 10.5. The first-order valence-electron chi connectivity index (χ1n) is 4.31. The highest BCUT2D eigenvalue weighted by Gasteiger charge is 2.17. The third-order valence-electron chi connectivity index (χ3n) is 2.16. The Labute approximate surface area is 77.9 Å². The topological polar surface area (TPSA) is 49.0 Å². The van der Waals surface area contributed by atoms with Crippen molar-refractivity contribution in [2.75, 3.05) is 7.05 Å². The second-order valence-corrected chi connectivity index (χ2v) is 3.42. The van der Waals surface area contributed by atoms with E-state index >= 15 is 0 Å². The van der Waals surface area contributed by atoms with Crippen LogP contribution in [0.1, 0.15) is 29.9 Å². The number of hydrogen-bond donors (Lipinski definition) is 1. The quantitative estimate of drug-likeness (QED) is 0.745. The SMILES string of the molecule is Cc1[nH]ncc1C(=O)N(C)C(C)C. The van der Waals surface area contributed by atoms with E-state index in [-0.39, 0.29) is 11.9 Å². The third-order valence-corrected chi connectivity index (χ3v) is 2.16. The first-order chi connectivity index (χ1) is 6.04. The molecule has 0 saturated carbocycles. The Morgan fingerprint density at radius 2 is 2.23 bits per heavy atom. The molecule has 4 nitrogen and oxygen atoms in total. The van der Waals surface area contributed by atoms with E-state index in [4.69, 9.17) is 0 Å². The fourth-order valence-corrected chi connectivity index (χ4v) is 0.991. The van der Waals surface area contributed by atoms with Crippen molar-refractivity contribution < 1.29 is 4.79 Å². The van der Waals surface area contributed by atoms with Gasteiger partial charge in [0.25, 0.3) is 5.91 Å². The Morgan fingerprint density at radius 1 is 1.62 bits per heavy atom.